The zero-order chi connectivity index (χ0) is 21.5. The second-order valence-electron chi connectivity index (χ2n) is 7.43. The Balaban J connectivity index is 1.37. The molecule has 1 aromatic carbocycles. The highest BCUT2D eigenvalue weighted by Gasteiger charge is 2.24. The maximum absolute atomic E-state index is 5.43. The lowest BCUT2D eigenvalue weighted by atomic mass is 10.1. The van der Waals surface area contributed by atoms with Crippen molar-refractivity contribution in [3.05, 3.63) is 54.0 Å². The Morgan fingerprint density at radius 1 is 1.26 bits per heavy atom. The first-order valence-electron chi connectivity index (χ1n) is 10.5. The molecule has 9 nitrogen and oxygen atoms in total. The van der Waals surface area contributed by atoms with Crippen molar-refractivity contribution in [1.29, 1.82) is 0 Å². The van der Waals surface area contributed by atoms with Crippen LogP contribution in [0.5, 0.6) is 5.75 Å². The monoisotopic (exact) mass is 423 g/mol. The van der Waals surface area contributed by atoms with E-state index in [1.807, 2.05) is 24.3 Å². The lowest BCUT2D eigenvalue weighted by molar-refractivity contribution is 0.245. The zero-order valence-corrected chi connectivity index (χ0v) is 18.0. The van der Waals surface area contributed by atoms with E-state index < -0.39 is 0 Å². The molecule has 0 bridgehead atoms. The van der Waals surface area contributed by atoms with Gasteiger partial charge in [0.2, 0.25) is 5.82 Å². The lowest BCUT2D eigenvalue weighted by Crippen LogP contribution is -2.42. The third-order valence-corrected chi connectivity index (χ3v) is 5.44. The minimum absolute atomic E-state index is 0.243. The number of rotatable bonds is 8. The van der Waals surface area contributed by atoms with Gasteiger partial charge in [0.05, 0.1) is 26.0 Å². The zero-order valence-electron chi connectivity index (χ0n) is 18.0. The summed E-state index contributed by atoms with van der Waals surface area (Å²) in [5, 5.41) is 13.9. The van der Waals surface area contributed by atoms with Crippen LogP contribution in [-0.4, -0.2) is 59.8 Å². The summed E-state index contributed by atoms with van der Waals surface area (Å²) in [6.07, 6.45) is 4.07. The quantitative estimate of drug-likeness (QED) is 0.378. The van der Waals surface area contributed by atoms with Gasteiger partial charge in [-0.2, -0.15) is 0 Å². The Morgan fingerprint density at radius 2 is 2.13 bits per heavy atom. The van der Waals surface area contributed by atoms with Crippen LogP contribution in [0.2, 0.25) is 0 Å². The molecule has 9 heteroatoms. The number of hydrogen-bond acceptors (Lipinski definition) is 6. The highest BCUT2D eigenvalue weighted by molar-refractivity contribution is 5.79. The lowest BCUT2D eigenvalue weighted by Gasteiger charge is -2.29. The number of likely N-dealkylation sites (tertiary alicyclic amines) is 1. The first-order valence-corrected chi connectivity index (χ1v) is 10.5. The fourth-order valence-electron chi connectivity index (χ4n) is 3.83. The average Bonchev–Trinajstić information content (AvgIpc) is 3.58. The van der Waals surface area contributed by atoms with Crippen LogP contribution in [0.15, 0.2) is 52.1 Å². The van der Waals surface area contributed by atoms with Crippen LogP contribution in [0.4, 0.5) is 0 Å². The van der Waals surface area contributed by atoms with Crippen LogP contribution < -0.4 is 15.4 Å². The number of nitrogens with zero attached hydrogens (tertiary/aromatic N) is 4. The fraction of sp³-hybridized carbons (Fsp3) is 0.409. The normalized spacial score (nSPS) is 15.7. The largest absolute Gasteiger partial charge is 0.497 e. The van der Waals surface area contributed by atoms with E-state index in [2.05, 4.69) is 47.8 Å². The van der Waals surface area contributed by atoms with Crippen LogP contribution in [0.3, 0.4) is 0 Å². The number of methoxy groups -OCH3 is 1. The number of furan rings is 1. The first-order chi connectivity index (χ1) is 15.3. The maximum atomic E-state index is 5.43. The molecule has 0 aliphatic carbocycles. The van der Waals surface area contributed by atoms with Crippen LogP contribution in [0.1, 0.15) is 30.3 Å². The molecule has 2 aromatic heterocycles. The fourth-order valence-corrected chi connectivity index (χ4v) is 3.83. The van der Waals surface area contributed by atoms with Gasteiger partial charge in [-0.1, -0.05) is 12.1 Å². The van der Waals surface area contributed by atoms with Crippen LogP contribution in [0.25, 0.3) is 11.6 Å². The van der Waals surface area contributed by atoms with Crippen molar-refractivity contribution >= 4 is 5.96 Å². The molecule has 1 fully saturated rings. The molecule has 3 heterocycles. The van der Waals surface area contributed by atoms with Gasteiger partial charge in [0, 0.05) is 13.6 Å². The number of nitrogens with one attached hydrogen (secondary N) is 3. The molecule has 3 aromatic rings. The van der Waals surface area contributed by atoms with Gasteiger partial charge in [-0.25, -0.2) is 4.98 Å². The molecule has 31 heavy (non-hydrogen) atoms. The van der Waals surface area contributed by atoms with E-state index in [1.165, 1.54) is 18.4 Å². The standard InChI is InChI=1S/C22H29N7O2/c1-23-22(25-15-20-26-21(28-27-20)19-9-6-12-31-19)24-14-18(29-10-3-4-11-29)16-7-5-8-17(13-16)30-2/h5-9,12-13,18H,3-4,10-11,14-15H2,1-2H3,(H2,23,24,25)(H,26,27,28). The summed E-state index contributed by atoms with van der Waals surface area (Å²) in [5.41, 5.74) is 1.24. The second-order valence-corrected chi connectivity index (χ2v) is 7.43. The number of ether oxygens (including phenoxy) is 1. The van der Waals surface area contributed by atoms with Gasteiger partial charge in [-0.3, -0.25) is 15.0 Å². The van der Waals surface area contributed by atoms with Crippen molar-refractivity contribution < 1.29 is 9.15 Å². The summed E-state index contributed by atoms with van der Waals surface area (Å²) >= 11 is 0. The molecule has 1 saturated heterocycles. The van der Waals surface area contributed by atoms with Gasteiger partial charge < -0.3 is 19.8 Å². The van der Waals surface area contributed by atoms with Crippen molar-refractivity contribution in [3.8, 4) is 17.3 Å². The number of hydrogen-bond donors (Lipinski definition) is 3. The van der Waals surface area contributed by atoms with E-state index in [0.717, 1.165) is 25.4 Å². The van der Waals surface area contributed by atoms with Gasteiger partial charge in [0.25, 0.3) is 0 Å². The second kappa shape index (κ2) is 10.1. The third kappa shape index (κ3) is 5.24. The van der Waals surface area contributed by atoms with Crippen molar-refractivity contribution in [2.75, 3.05) is 33.8 Å². The number of benzene rings is 1. The predicted octanol–water partition coefficient (Wildman–Crippen LogP) is 2.58. The first kappa shape index (κ1) is 20.9. The minimum Gasteiger partial charge on any atom is -0.497 e. The topological polar surface area (TPSA) is 104 Å². The van der Waals surface area contributed by atoms with Crippen molar-refractivity contribution in [2.45, 2.75) is 25.4 Å². The average molecular weight is 424 g/mol. The van der Waals surface area contributed by atoms with Gasteiger partial charge in [0.1, 0.15) is 11.6 Å². The van der Waals surface area contributed by atoms with Crippen molar-refractivity contribution in [3.63, 3.8) is 0 Å². The molecule has 1 unspecified atom stereocenters. The summed E-state index contributed by atoms with van der Waals surface area (Å²) in [7, 11) is 3.47. The Morgan fingerprint density at radius 3 is 2.87 bits per heavy atom. The number of aromatic amines is 1. The van der Waals surface area contributed by atoms with Gasteiger partial charge in [-0.05, 0) is 55.8 Å². The van der Waals surface area contributed by atoms with E-state index in [0.29, 0.717) is 29.9 Å². The summed E-state index contributed by atoms with van der Waals surface area (Å²) < 4.78 is 10.8. The van der Waals surface area contributed by atoms with E-state index >= 15 is 0 Å². The van der Waals surface area contributed by atoms with Gasteiger partial charge in [0.15, 0.2) is 11.7 Å². The predicted molar refractivity (Wildman–Crippen MR) is 119 cm³/mol. The van der Waals surface area contributed by atoms with Gasteiger partial charge >= 0.3 is 0 Å². The molecule has 0 amide bonds. The molecule has 0 radical (unpaired) electrons. The number of guanidine groups is 1. The molecular weight excluding hydrogens is 394 g/mol. The molecular formula is C22H29N7O2. The summed E-state index contributed by atoms with van der Waals surface area (Å²) in [6, 6.07) is 12.2. The third-order valence-electron chi connectivity index (χ3n) is 5.44. The molecule has 1 aliphatic heterocycles. The molecule has 3 N–H and O–H groups in total. The van der Waals surface area contributed by atoms with Crippen molar-refractivity contribution in [1.82, 2.24) is 30.7 Å². The smallest absolute Gasteiger partial charge is 0.216 e. The number of aromatic nitrogens is 3. The summed E-state index contributed by atoms with van der Waals surface area (Å²) in [4.78, 5) is 11.3. The van der Waals surface area contributed by atoms with E-state index in [4.69, 9.17) is 9.15 Å². The highest BCUT2D eigenvalue weighted by atomic mass is 16.5. The van der Waals surface area contributed by atoms with Crippen molar-refractivity contribution in [2.24, 2.45) is 4.99 Å². The number of H-pyrrole nitrogens is 1. The summed E-state index contributed by atoms with van der Waals surface area (Å²) in [5.74, 6) is 3.47. The Kier molecular flexibility index (Phi) is 6.83. The summed E-state index contributed by atoms with van der Waals surface area (Å²) in [6.45, 7) is 3.41. The molecule has 4 rings (SSSR count). The Labute approximate surface area is 181 Å². The van der Waals surface area contributed by atoms with Crippen LogP contribution in [0, 0.1) is 0 Å². The number of aliphatic imine (C=N–C) groups is 1. The molecule has 1 atom stereocenters. The van der Waals surface area contributed by atoms with Crippen LogP contribution in [-0.2, 0) is 6.54 Å². The van der Waals surface area contributed by atoms with E-state index in [-0.39, 0.29) is 6.04 Å². The van der Waals surface area contributed by atoms with Gasteiger partial charge in [-0.15, -0.1) is 5.10 Å². The molecule has 0 saturated carbocycles. The van der Waals surface area contributed by atoms with E-state index in [1.54, 1.807) is 20.4 Å². The van der Waals surface area contributed by atoms with E-state index in [9.17, 15) is 0 Å². The molecule has 1 aliphatic rings. The SMILES string of the molecule is CN=C(NCc1nc(-c2ccco2)n[nH]1)NCC(c1cccc(OC)c1)N1CCCC1. The highest BCUT2D eigenvalue weighted by Crippen LogP contribution is 2.27. The molecule has 164 valence electrons. The minimum atomic E-state index is 0.243. The molecule has 0 spiro atoms. The Hall–Kier alpha value is -3.33. The maximum Gasteiger partial charge on any atom is 0.216 e. The van der Waals surface area contributed by atoms with Crippen LogP contribution >= 0.6 is 0 Å². The Bertz CT molecular complexity index is 977.